The Kier molecular flexibility index (Phi) is 7.49. The maximum Gasteiger partial charge on any atom is 0.236 e. The molecule has 1 amide bonds. The van der Waals surface area contributed by atoms with Crippen molar-refractivity contribution < 1.29 is 13.9 Å². The van der Waals surface area contributed by atoms with Crippen LogP contribution in [-0.4, -0.2) is 50.2 Å². The van der Waals surface area contributed by atoms with E-state index in [1.165, 1.54) is 25.0 Å². The van der Waals surface area contributed by atoms with Gasteiger partial charge < -0.3 is 15.0 Å². The molecule has 1 aromatic carbocycles. The van der Waals surface area contributed by atoms with Gasteiger partial charge in [0.05, 0.1) is 13.2 Å². The molecule has 1 saturated carbocycles. The number of carbonyl (C=O) groups excluding carboxylic acids is 1. The fourth-order valence-electron chi connectivity index (χ4n) is 3.10. The van der Waals surface area contributed by atoms with Gasteiger partial charge in [0.2, 0.25) is 5.91 Å². The number of benzene rings is 1. The summed E-state index contributed by atoms with van der Waals surface area (Å²) in [6.45, 7) is 2.33. The number of rotatable bonds is 9. The van der Waals surface area contributed by atoms with Gasteiger partial charge in [0.25, 0.3) is 0 Å². The summed E-state index contributed by atoms with van der Waals surface area (Å²) in [4.78, 5) is 14.5. The fraction of sp³-hybridized carbons (Fsp3) is 0.611. The third kappa shape index (κ3) is 5.92. The van der Waals surface area contributed by atoms with Crippen molar-refractivity contribution in [2.45, 2.75) is 38.1 Å². The van der Waals surface area contributed by atoms with Gasteiger partial charge in [0.1, 0.15) is 5.82 Å². The van der Waals surface area contributed by atoms with Crippen LogP contribution in [0.4, 0.5) is 4.39 Å². The maximum absolute atomic E-state index is 13.0. The van der Waals surface area contributed by atoms with Gasteiger partial charge in [-0.2, -0.15) is 0 Å². The first-order chi connectivity index (χ1) is 11.2. The molecular weight excluding hydrogens is 295 g/mol. The van der Waals surface area contributed by atoms with Crippen LogP contribution < -0.4 is 5.32 Å². The smallest absolute Gasteiger partial charge is 0.236 e. The summed E-state index contributed by atoms with van der Waals surface area (Å²) >= 11 is 0. The Morgan fingerprint density at radius 1 is 1.30 bits per heavy atom. The molecule has 0 spiro atoms. The highest BCUT2D eigenvalue weighted by atomic mass is 19.1. The quantitative estimate of drug-likeness (QED) is 0.710. The summed E-state index contributed by atoms with van der Waals surface area (Å²) in [5, 5.41) is 3.13. The molecule has 2 rings (SSSR count). The third-order valence-electron chi connectivity index (χ3n) is 4.40. The molecule has 0 heterocycles. The van der Waals surface area contributed by atoms with Crippen LogP contribution in [0.15, 0.2) is 24.3 Å². The Morgan fingerprint density at radius 3 is 2.65 bits per heavy atom. The Labute approximate surface area is 138 Å². The van der Waals surface area contributed by atoms with Crippen molar-refractivity contribution in [1.29, 1.82) is 0 Å². The van der Waals surface area contributed by atoms with Gasteiger partial charge in [-0.1, -0.05) is 25.0 Å². The minimum atomic E-state index is -0.222. The lowest BCUT2D eigenvalue weighted by molar-refractivity contribution is -0.132. The summed E-state index contributed by atoms with van der Waals surface area (Å²) in [7, 11) is 1.65. The normalized spacial score (nSPS) is 15.0. The molecule has 1 N–H and O–H groups in total. The first-order valence-corrected chi connectivity index (χ1v) is 8.44. The average molecular weight is 322 g/mol. The Balaban J connectivity index is 1.88. The lowest BCUT2D eigenvalue weighted by atomic mass is 10.1. The van der Waals surface area contributed by atoms with Gasteiger partial charge >= 0.3 is 0 Å². The van der Waals surface area contributed by atoms with E-state index in [-0.39, 0.29) is 11.7 Å². The fourth-order valence-corrected chi connectivity index (χ4v) is 3.10. The molecule has 4 nitrogen and oxygen atoms in total. The molecule has 1 aromatic rings. The molecule has 0 saturated heterocycles. The molecule has 1 aliphatic carbocycles. The number of carbonyl (C=O) groups is 1. The minimum Gasteiger partial charge on any atom is -0.383 e. The third-order valence-corrected chi connectivity index (χ3v) is 4.40. The van der Waals surface area contributed by atoms with E-state index in [9.17, 15) is 9.18 Å². The van der Waals surface area contributed by atoms with Crippen LogP contribution in [0.5, 0.6) is 0 Å². The highest BCUT2D eigenvalue weighted by Crippen LogP contribution is 2.23. The van der Waals surface area contributed by atoms with E-state index in [0.29, 0.717) is 32.3 Å². The van der Waals surface area contributed by atoms with Gasteiger partial charge in [-0.3, -0.25) is 4.79 Å². The van der Waals surface area contributed by atoms with Gasteiger partial charge in [0.15, 0.2) is 0 Å². The van der Waals surface area contributed by atoms with E-state index in [2.05, 4.69) is 5.32 Å². The summed E-state index contributed by atoms with van der Waals surface area (Å²) < 4.78 is 18.0. The lowest BCUT2D eigenvalue weighted by Crippen LogP contribution is -2.45. The Bertz CT molecular complexity index is 472. The lowest BCUT2D eigenvalue weighted by Gasteiger charge is -2.29. The largest absolute Gasteiger partial charge is 0.383 e. The van der Waals surface area contributed by atoms with Crippen LogP contribution in [0, 0.1) is 5.82 Å². The molecule has 0 radical (unpaired) electrons. The van der Waals surface area contributed by atoms with Crippen molar-refractivity contribution in [2.75, 3.05) is 33.4 Å². The molecule has 0 aliphatic heterocycles. The molecule has 0 unspecified atom stereocenters. The molecule has 1 fully saturated rings. The second-order valence-electron chi connectivity index (χ2n) is 6.07. The summed E-state index contributed by atoms with van der Waals surface area (Å²) in [6, 6.07) is 6.90. The van der Waals surface area contributed by atoms with Gasteiger partial charge in [-0.25, -0.2) is 4.39 Å². The summed E-state index contributed by atoms with van der Waals surface area (Å²) in [5.41, 5.74) is 1.06. The standard InChI is InChI=1S/C18H27FN2O2/c1-23-13-11-20-14-18(22)21(17-4-2-3-5-17)12-10-15-6-8-16(19)9-7-15/h6-9,17,20H,2-5,10-14H2,1H3. The van der Waals surface area contributed by atoms with Crippen molar-refractivity contribution in [3.8, 4) is 0 Å². The number of amides is 1. The first kappa shape index (κ1) is 17.9. The SMILES string of the molecule is COCCNCC(=O)N(CCc1ccc(F)cc1)C1CCCC1. The zero-order valence-corrected chi connectivity index (χ0v) is 13.9. The van der Waals surface area contributed by atoms with Gasteiger partial charge in [0, 0.05) is 26.2 Å². The number of nitrogens with one attached hydrogen (secondary N) is 1. The molecule has 23 heavy (non-hydrogen) atoms. The van der Waals surface area contributed by atoms with Crippen LogP contribution >= 0.6 is 0 Å². The number of halogens is 1. The summed E-state index contributed by atoms with van der Waals surface area (Å²) in [5.74, 6) is -0.0741. The van der Waals surface area contributed by atoms with E-state index in [0.717, 1.165) is 24.8 Å². The highest BCUT2D eigenvalue weighted by Gasteiger charge is 2.25. The Morgan fingerprint density at radius 2 is 2.00 bits per heavy atom. The van der Waals surface area contributed by atoms with Crippen molar-refractivity contribution in [1.82, 2.24) is 10.2 Å². The number of nitrogens with zero attached hydrogens (tertiary/aromatic N) is 1. The predicted octanol–water partition coefficient (Wildman–Crippen LogP) is 2.38. The average Bonchev–Trinajstić information content (AvgIpc) is 3.08. The molecule has 5 heteroatoms. The van der Waals surface area contributed by atoms with E-state index >= 15 is 0 Å². The molecule has 1 aliphatic rings. The molecule has 0 aromatic heterocycles. The number of hydrogen-bond acceptors (Lipinski definition) is 3. The summed E-state index contributed by atoms with van der Waals surface area (Å²) in [6.07, 6.45) is 5.34. The first-order valence-electron chi connectivity index (χ1n) is 8.44. The zero-order chi connectivity index (χ0) is 16.5. The van der Waals surface area contributed by atoms with Gasteiger partial charge in [-0.15, -0.1) is 0 Å². The minimum absolute atomic E-state index is 0.148. The second-order valence-corrected chi connectivity index (χ2v) is 6.07. The predicted molar refractivity (Wildman–Crippen MR) is 88.8 cm³/mol. The number of methoxy groups -OCH3 is 1. The maximum atomic E-state index is 13.0. The topological polar surface area (TPSA) is 41.6 Å². The number of ether oxygens (including phenoxy) is 1. The Hall–Kier alpha value is -1.46. The van der Waals surface area contributed by atoms with E-state index in [4.69, 9.17) is 4.74 Å². The van der Waals surface area contributed by atoms with E-state index in [1.54, 1.807) is 19.2 Å². The molecule has 0 bridgehead atoms. The highest BCUT2D eigenvalue weighted by molar-refractivity contribution is 5.78. The van der Waals surface area contributed by atoms with Gasteiger partial charge in [-0.05, 0) is 37.0 Å². The van der Waals surface area contributed by atoms with Crippen LogP contribution in [0.2, 0.25) is 0 Å². The zero-order valence-electron chi connectivity index (χ0n) is 13.9. The molecular formula is C18H27FN2O2. The number of hydrogen-bond donors (Lipinski definition) is 1. The van der Waals surface area contributed by atoms with E-state index in [1.807, 2.05) is 4.90 Å². The van der Waals surface area contributed by atoms with E-state index < -0.39 is 0 Å². The molecule has 128 valence electrons. The van der Waals surface area contributed by atoms with Crippen molar-refractivity contribution >= 4 is 5.91 Å². The van der Waals surface area contributed by atoms with Crippen LogP contribution in [0.1, 0.15) is 31.2 Å². The monoisotopic (exact) mass is 322 g/mol. The van der Waals surface area contributed by atoms with Crippen molar-refractivity contribution in [3.05, 3.63) is 35.6 Å². The molecule has 0 atom stereocenters. The van der Waals surface area contributed by atoms with Crippen molar-refractivity contribution in [3.63, 3.8) is 0 Å². The van der Waals surface area contributed by atoms with Crippen LogP contribution in [-0.2, 0) is 16.0 Å². The van der Waals surface area contributed by atoms with Crippen LogP contribution in [0.3, 0.4) is 0 Å². The van der Waals surface area contributed by atoms with Crippen LogP contribution in [0.25, 0.3) is 0 Å². The van der Waals surface area contributed by atoms with Crippen molar-refractivity contribution in [2.24, 2.45) is 0 Å². The second kappa shape index (κ2) is 9.63.